The van der Waals surface area contributed by atoms with Crippen molar-refractivity contribution in [2.75, 3.05) is 19.6 Å². The number of phenolic OH excluding ortho intramolecular Hbond substituents is 1. The van der Waals surface area contributed by atoms with Gasteiger partial charge in [-0.3, -0.25) is 0 Å². The molecule has 0 saturated carbocycles. The summed E-state index contributed by atoms with van der Waals surface area (Å²) in [7, 11) is 0. The van der Waals surface area contributed by atoms with Crippen molar-refractivity contribution >= 4 is 18.4 Å². The first-order valence-electron chi connectivity index (χ1n) is 5.66. The Bertz CT molecular complexity index is 439. The Morgan fingerprint density at radius 3 is 2.89 bits per heavy atom. The summed E-state index contributed by atoms with van der Waals surface area (Å²) in [5.74, 6) is 0.248. The number of carbonyl (C=O) groups excluding carboxylic acids is 1. The van der Waals surface area contributed by atoms with Gasteiger partial charge in [0, 0.05) is 19.6 Å². The fourth-order valence-electron chi connectivity index (χ4n) is 2.10. The summed E-state index contributed by atoms with van der Waals surface area (Å²) in [6.07, 6.45) is 0. The Kier molecular flexibility index (Phi) is 4.81. The Morgan fingerprint density at radius 2 is 2.28 bits per heavy atom. The molecule has 0 spiro atoms. The third kappa shape index (κ3) is 2.86. The van der Waals surface area contributed by atoms with Gasteiger partial charge < -0.3 is 21.1 Å². The number of aromatic hydroxyl groups is 1. The molecule has 100 valence electrons. The van der Waals surface area contributed by atoms with Crippen LogP contribution >= 0.6 is 12.4 Å². The molecule has 2 rings (SSSR count). The van der Waals surface area contributed by atoms with Gasteiger partial charge >= 0.3 is 6.03 Å². The van der Waals surface area contributed by atoms with E-state index in [0.29, 0.717) is 13.1 Å². The van der Waals surface area contributed by atoms with E-state index < -0.39 is 6.03 Å². The first-order valence-corrected chi connectivity index (χ1v) is 5.66. The third-order valence-corrected chi connectivity index (χ3v) is 3.14. The predicted octanol–water partition coefficient (Wildman–Crippen LogP) is 1.15. The van der Waals surface area contributed by atoms with Gasteiger partial charge in [0.2, 0.25) is 0 Å². The number of urea groups is 1. The number of primary amides is 1. The van der Waals surface area contributed by atoms with Crippen molar-refractivity contribution in [2.45, 2.75) is 13.0 Å². The highest BCUT2D eigenvalue weighted by atomic mass is 35.5. The summed E-state index contributed by atoms with van der Waals surface area (Å²) in [4.78, 5) is 13.0. The van der Waals surface area contributed by atoms with Crippen LogP contribution in [-0.2, 0) is 0 Å². The molecule has 2 amide bonds. The number of hydrogen-bond donors (Lipinski definition) is 3. The monoisotopic (exact) mass is 271 g/mol. The van der Waals surface area contributed by atoms with E-state index in [1.54, 1.807) is 11.0 Å². The van der Waals surface area contributed by atoms with Gasteiger partial charge in [-0.2, -0.15) is 0 Å². The minimum atomic E-state index is -0.420. The largest absolute Gasteiger partial charge is 0.508 e. The van der Waals surface area contributed by atoms with Gasteiger partial charge in [0.1, 0.15) is 5.75 Å². The molecule has 6 heteroatoms. The fourth-order valence-corrected chi connectivity index (χ4v) is 2.10. The van der Waals surface area contributed by atoms with Crippen LogP contribution in [0.2, 0.25) is 0 Å². The maximum atomic E-state index is 11.3. The Hall–Kier alpha value is -1.46. The molecular formula is C12H18ClN3O2. The normalized spacial score (nSPS) is 19.2. The smallest absolute Gasteiger partial charge is 0.315 e. The molecule has 0 aromatic heterocycles. The molecule has 1 aromatic carbocycles. The number of aryl methyl sites for hydroxylation is 1. The maximum Gasteiger partial charge on any atom is 0.315 e. The number of piperazine rings is 1. The zero-order valence-electron chi connectivity index (χ0n) is 10.2. The van der Waals surface area contributed by atoms with Crippen LogP contribution in [0.4, 0.5) is 4.79 Å². The van der Waals surface area contributed by atoms with Crippen LogP contribution in [0.3, 0.4) is 0 Å². The number of rotatable bonds is 1. The van der Waals surface area contributed by atoms with Crippen LogP contribution in [0.1, 0.15) is 17.2 Å². The molecule has 5 nitrogen and oxygen atoms in total. The van der Waals surface area contributed by atoms with Crippen LogP contribution in [0.5, 0.6) is 5.75 Å². The van der Waals surface area contributed by atoms with Crippen molar-refractivity contribution in [1.29, 1.82) is 0 Å². The SMILES string of the molecule is Cc1ccc(C2CNCCN2C(N)=O)cc1O.Cl. The lowest BCUT2D eigenvalue weighted by Gasteiger charge is -2.35. The lowest BCUT2D eigenvalue weighted by Crippen LogP contribution is -2.50. The van der Waals surface area contributed by atoms with Gasteiger partial charge in [-0.05, 0) is 24.1 Å². The van der Waals surface area contributed by atoms with Gasteiger partial charge in [0.05, 0.1) is 6.04 Å². The van der Waals surface area contributed by atoms with Gasteiger partial charge in [0.15, 0.2) is 0 Å². The number of phenols is 1. The van der Waals surface area contributed by atoms with E-state index in [9.17, 15) is 9.90 Å². The lowest BCUT2D eigenvalue weighted by atomic mass is 10.0. The van der Waals surface area contributed by atoms with Gasteiger partial charge in [-0.1, -0.05) is 12.1 Å². The van der Waals surface area contributed by atoms with E-state index >= 15 is 0 Å². The number of nitrogens with two attached hydrogens (primary N) is 1. The topological polar surface area (TPSA) is 78.6 Å². The number of halogens is 1. The lowest BCUT2D eigenvalue weighted by molar-refractivity contribution is 0.167. The van der Waals surface area contributed by atoms with Crippen LogP contribution in [0, 0.1) is 6.92 Å². The molecule has 1 aromatic rings. The van der Waals surface area contributed by atoms with E-state index in [2.05, 4.69) is 5.32 Å². The molecule has 1 fully saturated rings. The quantitative estimate of drug-likeness (QED) is 0.717. The second kappa shape index (κ2) is 5.93. The molecule has 18 heavy (non-hydrogen) atoms. The second-order valence-electron chi connectivity index (χ2n) is 4.30. The van der Waals surface area contributed by atoms with Gasteiger partial charge in [0.25, 0.3) is 0 Å². The molecule has 1 heterocycles. The van der Waals surface area contributed by atoms with E-state index in [4.69, 9.17) is 5.73 Å². The molecule has 1 atom stereocenters. The molecule has 0 aliphatic carbocycles. The summed E-state index contributed by atoms with van der Waals surface area (Å²) in [5.41, 5.74) is 7.08. The van der Waals surface area contributed by atoms with E-state index in [0.717, 1.165) is 17.7 Å². The maximum absolute atomic E-state index is 11.3. The number of benzene rings is 1. The van der Waals surface area contributed by atoms with Crippen molar-refractivity contribution < 1.29 is 9.90 Å². The van der Waals surface area contributed by atoms with Crippen LogP contribution < -0.4 is 11.1 Å². The van der Waals surface area contributed by atoms with Crippen LogP contribution in [-0.4, -0.2) is 35.7 Å². The number of nitrogens with one attached hydrogen (secondary N) is 1. The molecule has 1 aliphatic rings. The van der Waals surface area contributed by atoms with Gasteiger partial charge in [-0.15, -0.1) is 12.4 Å². The second-order valence-corrected chi connectivity index (χ2v) is 4.30. The minimum Gasteiger partial charge on any atom is -0.508 e. The molecule has 0 radical (unpaired) electrons. The number of hydrogen-bond acceptors (Lipinski definition) is 3. The van der Waals surface area contributed by atoms with E-state index in [1.807, 2.05) is 19.1 Å². The number of amides is 2. The summed E-state index contributed by atoms with van der Waals surface area (Å²) in [6, 6.07) is 4.94. The zero-order valence-corrected chi connectivity index (χ0v) is 11.0. The highest BCUT2D eigenvalue weighted by Crippen LogP contribution is 2.26. The van der Waals surface area contributed by atoms with Crippen molar-refractivity contribution in [3.8, 4) is 5.75 Å². The average molecular weight is 272 g/mol. The Labute approximate surface area is 112 Å². The van der Waals surface area contributed by atoms with Crippen molar-refractivity contribution in [3.63, 3.8) is 0 Å². The number of nitrogens with zero attached hydrogens (tertiary/aromatic N) is 1. The average Bonchev–Trinajstić information content (AvgIpc) is 2.32. The molecule has 1 unspecified atom stereocenters. The van der Waals surface area contributed by atoms with E-state index in [-0.39, 0.29) is 24.2 Å². The van der Waals surface area contributed by atoms with Gasteiger partial charge in [-0.25, -0.2) is 4.79 Å². The summed E-state index contributed by atoms with van der Waals surface area (Å²) in [6.45, 7) is 3.83. The van der Waals surface area contributed by atoms with E-state index in [1.165, 1.54) is 0 Å². The van der Waals surface area contributed by atoms with Crippen molar-refractivity contribution in [3.05, 3.63) is 29.3 Å². The molecule has 1 saturated heterocycles. The summed E-state index contributed by atoms with van der Waals surface area (Å²) in [5, 5.41) is 12.9. The first kappa shape index (κ1) is 14.6. The van der Waals surface area contributed by atoms with Crippen LogP contribution in [0.15, 0.2) is 18.2 Å². The summed E-state index contributed by atoms with van der Waals surface area (Å²) >= 11 is 0. The number of carbonyl (C=O) groups is 1. The first-order chi connectivity index (χ1) is 8.09. The Balaban J connectivity index is 0.00000162. The van der Waals surface area contributed by atoms with Crippen molar-refractivity contribution in [1.82, 2.24) is 10.2 Å². The van der Waals surface area contributed by atoms with Crippen LogP contribution in [0.25, 0.3) is 0 Å². The predicted molar refractivity (Wildman–Crippen MR) is 72.0 cm³/mol. The minimum absolute atomic E-state index is 0. The summed E-state index contributed by atoms with van der Waals surface area (Å²) < 4.78 is 0. The zero-order chi connectivity index (χ0) is 12.4. The molecular weight excluding hydrogens is 254 g/mol. The fraction of sp³-hybridized carbons (Fsp3) is 0.417. The molecule has 1 aliphatic heterocycles. The molecule has 0 bridgehead atoms. The highest BCUT2D eigenvalue weighted by Gasteiger charge is 2.26. The standard InChI is InChI=1S/C12H17N3O2.ClH/c1-8-2-3-9(6-11(8)16)10-7-14-4-5-15(10)12(13)17;/h2-3,6,10,14,16H,4-5,7H2,1H3,(H2,13,17);1H. The third-order valence-electron chi connectivity index (χ3n) is 3.14. The Morgan fingerprint density at radius 1 is 1.56 bits per heavy atom. The molecule has 4 N–H and O–H groups in total. The highest BCUT2D eigenvalue weighted by molar-refractivity contribution is 5.85. The van der Waals surface area contributed by atoms with Crippen molar-refractivity contribution in [2.24, 2.45) is 5.73 Å².